The third-order valence-electron chi connectivity index (χ3n) is 4.68. The highest BCUT2D eigenvalue weighted by Crippen LogP contribution is 2.48. The summed E-state index contributed by atoms with van der Waals surface area (Å²) >= 11 is 0. The summed E-state index contributed by atoms with van der Waals surface area (Å²) < 4.78 is 38.0. The maximum Gasteiger partial charge on any atom is 0.408 e. The van der Waals surface area contributed by atoms with Crippen LogP contribution < -0.4 is 5.32 Å². The summed E-state index contributed by atoms with van der Waals surface area (Å²) in [6, 6.07) is -2.72. The van der Waals surface area contributed by atoms with Crippen LogP contribution in [0.25, 0.3) is 0 Å². The number of carbonyl (C=O) groups excluding carboxylic acids is 1. The Morgan fingerprint density at radius 3 is 2.62 bits per heavy atom. The van der Waals surface area contributed by atoms with E-state index >= 15 is 0 Å². The number of likely N-dealkylation sites (tertiary alicyclic amines) is 1. The van der Waals surface area contributed by atoms with Gasteiger partial charge in [-0.1, -0.05) is 13.3 Å². The molecule has 0 spiro atoms. The normalized spacial score (nSPS) is 30.1. The number of nitrogens with one attached hydrogen (secondary N) is 1. The first kappa shape index (κ1) is 15.9. The van der Waals surface area contributed by atoms with Crippen molar-refractivity contribution in [1.29, 1.82) is 0 Å². The van der Waals surface area contributed by atoms with E-state index in [2.05, 4.69) is 0 Å². The summed E-state index contributed by atoms with van der Waals surface area (Å²) in [7, 11) is 0. The molecule has 8 heteroatoms. The van der Waals surface area contributed by atoms with Crippen LogP contribution in [0.2, 0.25) is 0 Å². The monoisotopic (exact) mass is 308 g/mol. The molecule has 2 rings (SSSR count). The van der Waals surface area contributed by atoms with E-state index in [1.165, 1.54) is 11.8 Å². The first-order valence-electron chi connectivity index (χ1n) is 7.06. The molecular weight excluding hydrogens is 289 g/mol. The van der Waals surface area contributed by atoms with E-state index in [-0.39, 0.29) is 25.4 Å². The maximum absolute atomic E-state index is 12.7. The van der Waals surface area contributed by atoms with Crippen LogP contribution in [0.15, 0.2) is 0 Å². The summed E-state index contributed by atoms with van der Waals surface area (Å²) in [5, 5.41) is 11.4. The molecule has 120 valence electrons. The quantitative estimate of drug-likeness (QED) is 0.840. The van der Waals surface area contributed by atoms with E-state index in [1.807, 2.05) is 5.32 Å². The second-order valence-corrected chi connectivity index (χ2v) is 5.88. The zero-order valence-corrected chi connectivity index (χ0v) is 11.7. The molecule has 5 nitrogen and oxygen atoms in total. The molecule has 1 aliphatic heterocycles. The van der Waals surface area contributed by atoms with Crippen LogP contribution in [0.4, 0.5) is 18.0 Å². The van der Waals surface area contributed by atoms with Gasteiger partial charge in [-0.25, -0.2) is 4.79 Å². The molecule has 0 aromatic rings. The topological polar surface area (TPSA) is 69.6 Å². The van der Waals surface area contributed by atoms with Crippen LogP contribution in [-0.2, 0) is 4.79 Å². The summed E-state index contributed by atoms with van der Waals surface area (Å²) in [4.78, 5) is 24.7. The lowest BCUT2D eigenvalue weighted by Crippen LogP contribution is -2.50. The number of carboxylic acid groups (broad SMARTS) is 1. The smallest absolute Gasteiger partial charge is 0.408 e. The Bertz CT molecular complexity index is 441. The summed E-state index contributed by atoms with van der Waals surface area (Å²) in [5.74, 6) is -1.12. The minimum absolute atomic E-state index is 0.00682. The molecule has 2 amide bonds. The van der Waals surface area contributed by atoms with Gasteiger partial charge in [0.1, 0.15) is 6.04 Å². The minimum atomic E-state index is -4.50. The van der Waals surface area contributed by atoms with Gasteiger partial charge in [-0.15, -0.1) is 0 Å². The van der Waals surface area contributed by atoms with Gasteiger partial charge in [0.05, 0.1) is 5.41 Å². The molecular formula is C13H19F3N2O3. The van der Waals surface area contributed by atoms with Crippen LogP contribution in [0.5, 0.6) is 0 Å². The first-order chi connectivity index (χ1) is 9.70. The van der Waals surface area contributed by atoms with Crippen LogP contribution >= 0.6 is 0 Å². The zero-order valence-electron chi connectivity index (χ0n) is 11.7. The van der Waals surface area contributed by atoms with E-state index in [9.17, 15) is 27.9 Å². The standard InChI is InChI=1S/C13H19F3N2O3/c1-2-9(13(14,15)16)17-11(21)18-6-8-4-3-5-12(8,7-18)10(19)20/h8-9H,2-7H2,1H3,(H,17,21)(H,19,20)/t8-,9-,12+/m0/s1. The van der Waals surface area contributed by atoms with Crippen LogP contribution in [0.1, 0.15) is 32.6 Å². The molecule has 21 heavy (non-hydrogen) atoms. The Morgan fingerprint density at radius 1 is 1.48 bits per heavy atom. The van der Waals surface area contributed by atoms with Gasteiger partial charge in [-0.2, -0.15) is 13.2 Å². The Hall–Kier alpha value is -1.47. The van der Waals surface area contributed by atoms with Crippen molar-refractivity contribution in [3.8, 4) is 0 Å². The number of carbonyl (C=O) groups is 2. The van der Waals surface area contributed by atoms with Crippen molar-refractivity contribution in [3.63, 3.8) is 0 Å². The number of amides is 2. The predicted octanol–water partition coefficient (Wildman–Crippen LogP) is 2.22. The first-order valence-corrected chi connectivity index (χ1v) is 7.06. The van der Waals surface area contributed by atoms with Gasteiger partial charge < -0.3 is 15.3 Å². The number of nitrogens with zero attached hydrogens (tertiary/aromatic N) is 1. The van der Waals surface area contributed by atoms with Crippen molar-refractivity contribution in [3.05, 3.63) is 0 Å². The fourth-order valence-electron chi connectivity index (χ4n) is 3.45. The lowest BCUT2D eigenvalue weighted by molar-refractivity contribution is -0.154. The van der Waals surface area contributed by atoms with E-state index in [0.29, 0.717) is 12.8 Å². The number of rotatable bonds is 3. The van der Waals surface area contributed by atoms with Crippen molar-refractivity contribution < 1.29 is 27.9 Å². The van der Waals surface area contributed by atoms with Crippen molar-refractivity contribution in [2.45, 2.75) is 44.8 Å². The molecule has 1 saturated carbocycles. The molecule has 0 aromatic heterocycles. The number of fused-ring (bicyclic) bond motifs is 1. The number of alkyl halides is 3. The lowest BCUT2D eigenvalue weighted by Gasteiger charge is -2.26. The second-order valence-electron chi connectivity index (χ2n) is 5.88. The fourth-order valence-corrected chi connectivity index (χ4v) is 3.45. The Balaban J connectivity index is 2.04. The van der Waals surface area contributed by atoms with Crippen molar-refractivity contribution in [2.24, 2.45) is 11.3 Å². The van der Waals surface area contributed by atoms with Gasteiger partial charge >= 0.3 is 18.2 Å². The van der Waals surface area contributed by atoms with E-state index in [1.54, 1.807) is 0 Å². The number of carboxylic acids is 1. The van der Waals surface area contributed by atoms with E-state index in [4.69, 9.17) is 0 Å². The molecule has 3 atom stereocenters. The third-order valence-corrected chi connectivity index (χ3v) is 4.68. The van der Waals surface area contributed by atoms with E-state index < -0.39 is 29.6 Å². The number of hydrogen-bond donors (Lipinski definition) is 2. The summed E-state index contributed by atoms with van der Waals surface area (Å²) in [5.41, 5.74) is -0.975. The molecule has 0 bridgehead atoms. The Morgan fingerprint density at radius 2 is 2.14 bits per heavy atom. The second kappa shape index (κ2) is 5.38. The predicted molar refractivity (Wildman–Crippen MR) is 67.6 cm³/mol. The van der Waals surface area contributed by atoms with Gasteiger partial charge in [-0.05, 0) is 25.2 Å². The summed E-state index contributed by atoms with van der Waals surface area (Å²) in [6.45, 7) is 1.55. The molecule has 0 aromatic carbocycles. The average Bonchev–Trinajstić information content (AvgIpc) is 2.91. The van der Waals surface area contributed by atoms with Gasteiger partial charge in [0.25, 0.3) is 0 Å². The van der Waals surface area contributed by atoms with Crippen molar-refractivity contribution >= 4 is 12.0 Å². The largest absolute Gasteiger partial charge is 0.481 e. The lowest BCUT2D eigenvalue weighted by atomic mass is 9.81. The number of hydrogen-bond acceptors (Lipinski definition) is 2. The third kappa shape index (κ3) is 2.80. The minimum Gasteiger partial charge on any atom is -0.481 e. The Kier molecular flexibility index (Phi) is 4.08. The maximum atomic E-state index is 12.7. The van der Waals surface area contributed by atoms with Crippen LogP contribution in [0.3, 0.4) is 0 Å². The highest BCUT2D eigenvalue weighted by Gasteiger charge is 2.56. The van der Waals surface area contributed by atoms with Crippen LogP contribution in [-0.4, -0.2) is 47.3 Å². The Labute approximate surface area is 120 Å². The number of aliphatic carboxylic acids is 1. The molecule has 2 aliphatic rings. The molecule has 2 N–H and O–H groups in total. The van der Waals surface area contributed by atoms with Crippen LogP contribution in [0, 0.1) is 11.3 Å². The average molecular weight is 308 g/mol. The highest BCUT2D eigenvalue weighted by molar-refractivity contribution is 5.80. The molecule has 1 aliphatic carbocycles. The van der Waals surface area contributed by atoms with Gasteiger partial charge in [0.15, 0.2) is 0 Å². The van der Waals surface area contributed by atoms with E-state index in [0.717, 1.165) is 6.42 Å². The van der Waals surface area contributed by atoms with Crippen molar-refractivity contribution in [2.75, 3.05) is 13.1 Å². The zero-order chi connectivity index (χ0) is 15.8. The molecule has 0 unspecified atom stereocenters. The van der Waals surface area contributed by atoms with Gasteiger partial charge in [0, 0.05) is 13.1 Å². The number of halogens is 3. The summed E-state index contributed by atoms with van der Waals surface area (Å²) in [6.07, 6.45) is -2.78. The molecule has 2 fully saturated rings. The molecule has 0 radical (unpaired) electrons. The molecule has 1 saturated heterocycles. The SMILES string of the molecule is CC[C@H](NC(=O)N1C[C@@H]2CCC[C@@]2(C(=O)O)C1)C(F)(F)F. The fraction of sp³-hybridized carbons (Fsp3) is 0.846. The van der Waals surface area contributed by atoms with Gasteiger partial charge in [-0.3, -0.25) is 4.79 Å². The number of urea groups is 1. The molecule has 1 heterocycles. The van der Waals surface area contributed by atoms with Crippen molar-refractivity contribution in [1.82, 2.24) is 10.2 Å². The highest BCUT2D eigenvalue weighted by atomic mass is 19.4. The van der Waals surface area contributed by atoms with Gasteiger partial charge in [0.2, 0.25) is 0 Å².